The Morgan fingerprint density at radius 1 is 1.42 bits per heavy atom. The average Bonchev–Trinajstić information content (AvgIpc) is 2.32. The smallest absolute Gasteiger partial charge is 0.272 e. The Labute approximate surface area is 134 Å². The van der Waals surface area contributed by atoms with Gasteiger partial charge in [0.2, 0.25) is 0 Å². The maximum atomic E-state index is 12.3. The first kappa shape index (κ1) is 18.6. The van der Waals surface area contributed by atoms with Gasteiger partial charge in [-0.05, 0) is 41.9 Å². The number of piperazine rings is 1. The lowest BCUT2D eigenvalue weighted by Gasteiger charge is -2.37. The lowest BCUT2D eigenvalue weighted by Crippen LogP contribution is -2.56. The minimum Gasteiger partial charge on any atom is -0.332 e. The van der Waals surface area contributed by atoms with Crippen LogP contribution in [-0.4, -0.2) is 41.0 Å². The monoisotopic (exact) mass is 369 g/mol. The summed E-state index contributed by atoms with van der Waals surface area (Å²) in [6.07, 6.45) is 1.66. The normalized spacial score (nSPS) is 22.2. The number of carbonyl (C=O) groups excluding carboxylic acids is 1. The molecule has 0 saturated carbocycles. The first-order valence-electron chi connectivity index (χ1n) is 5.74. The fourth-order valence-electron chi connectivity index (χ4n) is 1.95. The molecule has 0 aromatic carbocycles. The highest BCUT2D eigenvalue weighted by molar-refractivity contribution is 9.10. The van der Waals surface area contributed by atoms with Crippen LogP contribution in [0.4, 0.5) is 0 Å². The molecule has 4 nitrogen and oxygen atoms in total. The number of pyridine rings is 1. The van der Waals surface area contributed by atoms with Crippen LogP contribution < -0.4 is 5.32 Å². The molecule has 7 heteroatoms. The fraction of sp³-hybridized carbons (Fsp3) is 0.500. The topological polar surface area (TPSA) is 45.2 Å². The number of nitrogens with one attached hydrogen (secondary N) is 1. The molecule has 0 radical (unpaired) electrons. The van der Waals surface area contributed by atoms with Gasteiger partial charge in [0.15, 0.2) is 0 Å². The SMILES string of the molecule is CC1CN(C(=O)c2ccc(Br)cn2)C(C)CN1.Cl.Cl. The fourth-order valence-corrected chi connectivity index (χ4v) is 2.19. The van der Waals surface area contributed by atoms with Crippen molar-refractivity contribution in [1.82, 2.24) is 15.2 Å². The minimum atomic E-state index is 0. The van der Waals surface area contributed by atoms with E-state index in [0.717, 1.165) is 17.6 Å². The van der Waals surface area contributed by atoms with Crippen LogP contribution in [0, 0.1) is 0 Å². The average molecular weight is 371 g/mol. The molecule has 1 N–H and O–H groups in total. The van der Waals surface area contributed by atoms with E-state index in [4.69, 9.17) is 0 Å². The van der Waals surface area contributed by atoms with E-state index in [1.165, 1.54) is 0 Å². The van der Waals surface area contributed by atoms with Gasteiger partial charge in [-0.15, -0.1) is 24.8 Å². The largest absolute Gasteiger partial charge is 0.332 e. The Hall–Kier alpha value is -0.360. The number of rotatable bonds is 1. The standard InChI is InChI=1S/C12H16BrN3O.2ClH/c1-8-7-16(9(2)5-14-8)12(17)11-4-3-10(13)6-15-11;;/h3-4,6,8-9,14H,5,7H2,1-2H3;2*1H. The third-order valence-corrected chi connectivity index (χ3v) is 3.44. The second-order valence-corrected chi connectivity index (χ2v) is 5.39. The summed E-state index contributed by atoms with van der Waals surface area (Å²) in [5.41, 5.74) is 0.508. The highest BCUT2D eigenvalue weighted by Gasteiger charge is 2.27. The van der Waals surface area contributed by atoms with Crippen LogP contribution in [0.3, 0.4) is 0 Å². The van der Waals surface area contributed by atoms with Crippen molar-refractivity contribution < 1.29 is 4.79 Å². The van der Waals surface area contributed by atoms with Gasteiger partial charge in [-0.2, -0.15) is 0 Å². The third-order valence-electron chi connectivity index (χ3n) is 2.97. The Morgan fingerprint density at radius 2 is 2.11 bits per heavy atom. The molecule has 2 rings (SSSR count). The molecule has 2 unspecified atom stereocenters. The molecule has 2 atom stereocenters. The van der Waals surface area contributed by atoms with Crippen molar-refractivity contribution in [3.63, 3.8) is 0 Å². The molecule has 1 fully saturated rings. The highest BCUT2D eigenvalue weighted by Crippen LogP contribution is 2.13. The molecule has 1 saturated heterocycles. The maximum absolute atomic E-state index is 12.3. The second kappa shape index (κ2) is 8.04. The summed E-state index contributed by atoms with van der Waals surface area (Å²) in [6.45, 7) is 5.71. The van der Waals surface area contributed by atoms with Gasteiger partial charge in [0.1, 0.15) is 5.69 Å². The first-order valence-corrected chi connectivity index (χ1v) is 6.53. The molecule has 1 aliphatic rings. The van der Waals surface area contributed by atoms with Crippen molar-refractivity contribution in [2.75, 3.05) is 13.1 Å². The number of hydrogen-bond acceptors (Lipinski definition) is 3. The zero-order valence-electron chi connectivity index (χ0n) is 10.8. The van der Waals surface area contributed by atoms with E-state index in [9.17, 15) is 4.79 Å². The van der Waals surface area contributed by atoms with E-state index in [-0.39, 0.29) is 36.8 Å². The van der Waals surface area contributed by atoms with Crippen LogP contribution in [0.2, 0.25) is 0 Å². The lowest BCUT2D eigenvalue weighted by atomic mass is 10.1. The van der Waals surface area contributed by atoms with Crippen LogP contribution in [0.1, 0.15) is 24.3 Å². The Balaban J connectivity index is 0.00000162. The van der Waals surface area contributed by atoms with Crippen molar-refractivity contribution in [2.24, 2.45) is 0 Å². The van der Waals surface area contributed by atoms with Crippen molar-refractivity contribution in [1.29, 1.82) is 0 Å². The summed E-state index contributed by atoms with van der Waals surface area (Å²) in [7, 11) is 0. The van der Waals surface area contributed by atoms with E-state index in [1.54, 1.807) is 12.3 Å². The Morgan fingerprint density at radius 3 is 2.68 bits per heavy atom. The van der Waals surface area contributed by atoms with Crippen molar-refractivity contribution in [2.45, 2.75) is 25.9 Å². The van der Waals surface area contributed by atoms with Crippen molar-refractivity contribution in [3.8, 4) is 0 Å². The number of amides is 1. The molecule has 0 aliphatic carbocycles. The van der Waals surface area contributed by atoms with E-state index >= 15 is 0 Å². The maximum Gasteiger partial charge on any atom is 0.272 e. The van der Waals surface area contributed by atoms with Crippen LogP contribution >= 0.6 is 40.7 Å². The molecule has 1 aromatic rings. The molecule has 108 valence electrons. The van der Waals surface area contributed by atoms with Crippen LogP contribution in [0.15, 0.2) is 22.8 Å². The van der Waals surface area contributed by atoms with Gasteiger partial charge < -0.3 is 10.2 Å². The highest BCUT2D eigenvalue weighted by atomic mass is 79.9. The summed E-state index contributed by atoms with van der Waals surface area (Å²) in [4.78, 5) is 18.3. The van der Waals surface area contributed by atoms with Crippen LogP contribution in [0.5, 0.6) is 0 Å². The number of nitrogens with zero attached hydrogens (tertiary/aromatic N) is 2. The quantitative estimate of drug-likeness (QED) is 0.826. The molecule has 1 amide bonds. The molecule has 2 heterocycles. The molecular weight excluding hydrogens is 353 g/mol. The van der Waals surface area contributed by atoms with Gasteiger partial charge in [0.25, 0.3) is 5.91 Å². The first-order chi connectivity index (χ1) is 8.08. The second-order valence-electron chi connectivity index (χ2n) is 4.48. The number of hydrogen-bond donors (Lipinski definition) is 1. The predicted octanol–water partition coefficient (Wildman–Crippen LogP) is 2.51. The number of aromatic nitrogens is 1. The molecule has 0 spiro atoms. The molecule has 19 heavy (non-hydrogen) atoms. The summed E-state index contributed by atoms with van der Waals surface area (Å²) < 4.78 is 0.885. The zero-order chi connectivity index (χ0) is 12.4. The van der Waals surface area contributed by atoms with Gasteiger partial charge in [-0.25, -0.2) is 4.98 Å². The number of carbonyl (C=O) groups is 1. The van der Waals surface area contributed by atoms with Gasteiger partial charge >= 0.3 is 0 Å². The predicted molar refractivity (Wildman–Crippen MR) is 84.4 cm³/mol. The molecule has 1 aromatic heterocycles. The van der Waals surface area contributed by atoms with E-state index in [2.05, 4.69) is 40.1 Å². The van der Waals surface area contributed by atoms with E-state index in [0.29, 0.717) is 11.7 Å². The summed E-state index contributed by atoms with van der Waals surface area (Å²) >= 11 is 3.31. The summed E-state index contributed by atoms with van der Waals surface area (Å²) in [5.74, 6) is 0.0124. The summed E-state index contributed by atoms with van der Waals surface area (Å²) in [5, 5.41) is 3.36. The van der Waals surface area contributed by atoms with Crippen molar-refractivity contribution >= 4 is 46.7 Å². The van der Waals surface area contributed by atoms with Crippen LogP contribution in [0.25, 0.3) is 0 Å². The van der Waals surface area contributed by atoms with E-state index < -0.39 is 0 Å². The Kier molecular flexibility index (Phi) is 7.89. The van der Waals surface area contributed by atoms with Gasteiger partial charge in [0.05, 0.1) is 0 Å². The minimum absolute atomic E-state index is 0. The van der Waals surface area contributed by atoms with Crippen LogP contribution in [-0.2, 0) is 0 Å². The summed E-state index contributed by atoms with van der Waals surface area (Å²) in [6, 6.07) is 4.15. The third kappa shape index (κ3) is 4.60. The molecule has 0 bridgehead atoms. The Bertz CT molecular complexity index is 416. The molecule has 1 aliphatic heterocycles. The van der Waals surface area contributed by atoms with Gasteiger partial charge in [-0.1, -0.05) is 0 Å². The molecular formula is C12H18BrCl2N3O. The van der Waals surface area contributed by atoms with Gasteiger partial charge in [0, 0.05) is 35.8 Å². The van der Waals surface area contributed by atoms with Gasteiger partial charge in [-0.3, -0.25) is 4.79 Å². The lowest BCUT2D eigenvalue weighted by molar-refractivity contribution is 0.0610. The van der Waals surface area contributed by atoms with Crippen molar-refractivity contribution in [3.05, 3.63) is 28.5 Å². The van der Waals surface area contributed by atoms with E-state index in [1.807, 2.05) is 11.0 Å². The zero-order valence-corrected chi connectivity index (χ0v) is 14.0. The number of halogens is 3.